The van der Waals surface area contributed by atoms with Gasteiger partial charge in [0.1, 0.15) is 5.01 Å². The van der Waals surface area contributed by atoms with Gasteiger partial charge in [-0.25, -0.2) is 4.98 Å². The zero-order chi connectivity index (χ0) is 13.8. The average molecular weight is 293 g/mol. The van der Waals surface area contributed by atoms with Crippen LogP contribution < -0.4 is 4.72 Å². The van der Waals surface area contributed by atoms with Crippen molar-refractivity contribution in [2.24, 2.45) is 0 Å². The minimum atomic E-state index is -3.66. The van der Waals surface area contributed by atoms with Gasteiger partial charge < -0.3 is 5.11 Å². The second kappa shape index (κ2) is 6.23. The fraction of sp³-hybridized carbons (Fsp3) is 0.556. The summed E-state index contributed by atoms with van der Waals surface area (Å²) >= 11 is 1.37. The summed E-state index contributed by atoms with van der Waals surface area (Å²) in [6, 6.07) is 0. The molecule has 0 aromatic carbocycles. The number of nitrogens with zero attached hydrogens (tertiary/aromatic N) is 2. The fourth-order valence-electron chi connectivity index (χ4n) is 1.12. The highest BCUT2D eigenvalue weighted by Gasteiger charge is 2.18. The second-order valence-electron chi connectivity index (χ2n) is 3.67. The molecule has 0 atom stereocenters. The van der Waals surface area contributed by atoms with Crippen LogP contribution in [0, 0.1) is 6.92 Å². The van der Waals surface area contributed by atoms with Crippen molar-refractivity contribution < 1.29 is 18.3 Å². The summed E-state index contributed by atoms with van der Waals surface area (Å²) in [7, 11) is -2.33. The summed E-state index contributed by atoms with van der Waals surface area (Å²) in [4.78, 5) is 14.5. The Bertz CT molecular complexity index is 512. The molecule has 0 fully saturated rings. The monoisotopic (exact) mass is 293 g/mol. The first kappa shape index (κ1) is 15.0. The summed E-state index contributed by atoms with van der Waals surface area (Å²) in [6.07, 6.45) is -0.228. The molecule has 0 aliphatic carbocycles. The van der Waals surface area contributed by atoms with Gasteiger partial charge in [-0.05, 0) is 6.92 Å². The van der Waals surface area contributed by atoms with E-state index in [9.17, 15) is 13.2 Å². The number of nitrogens with one attached hydrogen (secondary N) is 1. The third-order valence-corrected chi connectivity index (χ3v) is 4.60. The molecule has 1 rings (SSSR count). The van der Waals surface area contributed by atoms with Gasteiger partial charge in [-0.1, -0.05) is 0 Å². The number of hydrogen-bond acceptors (Lipinski definition) is 5. The van der Waals surface area contributed by atoms with E-state index in [2.05, 4.69) is 9.71 Å². The number of carboxylic acid groups (broad SMARTS) is 1. The van der Waals surface area contributed by atoms with Crippen LogP contribution in [-0.2, 0) is 21.5 Å². The molecule has 1 heterocycles. The number of rotatable bonds is 7. The quantitative estimate of drug-likeness (QED) is 0.747. The average Bonchev–Trinajstić information content (AvgIpc) is 2.69. The summed E-state index contributed by atoms with van der Waals surface area (Å²) in [6.45, 7) is 1.87. The Kier molecular flexibility index (Phi) is 5.20. The van der Waals surface area contributed by atoms with Gasteiger partial charge in [0.15, 0.2) is 0 Å². The van der Waals surface area contributed by atoms with E-state index < -0.39 is 16.2 Å². The summed E-state index contributed by atoms with van der Waals surface area (Å²) < 4.78 is 26.8. The van der Waals surface area contributed by atoms with Gasteiger partial charge in [-0.15, -0.1) is 11.3 Å². The topological polar surface area (TPSA) is 99.6 Å². The van der Waals surface area contributed by atoms with Gasteiger partial charge in [0.05, 0.1) is 13.0 Å². The molecule has 18 heavy (non-hydrogen) atoms. The molecular weight excluding hydrogens is 278 g/mol. The summed E-state index contributed by atoms with van der Waals surface area (Å²) in [5, 5.41) is 11.0. The molecule has 0 saturated carbocycles. The van der Waals surface area contributed by atoms with Crippen LogP contribution in [-0.4, -0.2) is 42.4 Å². The molecule has 1 aromatic rings. The first-order valence-corrected chi connectivity index (χ1v) is 7.47. The first-order chi connectivity index (χ1) is 8.31. The van der Waals surface area contributed by atoms with E-state index in [1.54, 1.807) is 0 Å². The lowest BCUT2D eigenvalue weighted by molar-refractivity contribution is -0.137. The SMILES string of the molecule is Cc1csc(CNS(=O)(=O)N(C)CCC(=O)O)n1. The van der Waals surface area contributed by atoms with Crippen molar-refractivity contribution in [2.45, 2.75) is 19.9 Å². The molecule has 2 N–H and O–H groups in total. The van der Waals surface area contributed by atoms with Crippen LogP contribution >= 0.6 is 11.3 Å². The van der Waals surface area contributed by atoms with Crippen LogP contribution in [0.15, 0.2) is 5.38 Å². The zero-order valence-electron chi connectivity index (χ0n) is 10.1. The highest BCUT2D eigenvalue weighted by Crippen LogP contribution is 2.08. The van der Waals surface area contributed by atoms with Crippen molar-refractivity contribution in [3.8, 4) is 0 Å². The Labute approximate surface area is 110 Å². The van der Waals surface area contributed by atoms with E-state index in [1.807, 2.05) is 12.3 Å². The van der Waals surface area contributed by atoms with Crippen LogP contribution in [0.25, 0.3) is 0 Å². The molecule has 9 heteroatoms. The predicted molar refractivity (Wildman–Crippen MR) is 67.5 cm³/mol. The van der Waals surface area contributed by atoms with Gasteiger partial charge in [0, 0.05) is 24.7 Å². The smallest absolute Gasteiger partial charge is 0.304 e. The molecule has 0 radical (unpaired) electrons. The molecular formula is C9H15N3O4S2. The maximum atomic E-state index is 11.7. The summed E-state index contributed by atoms with van der Waals surface area (Å²) in [5.41, 5.74) is 0.841. The molecule has 0 unspecified atom stereocenters. The maximum absolute atomic E-state index is 11.7. The van der Waals surface area contributed by atoms with Gasteiger partial charge in [0.25, 0.3) is 10.2 Å². The largest absolute Gasteiger partial charge is 0.481 e. The van der Waals surface area contributed by atoms with Crippen LogP contribution in [0.4, 0.5) is 0 Å². The molecule has 0 spiro atoms. The number of hydrogen-bond donors (Lipinski definition) is 2. The molecule has 0 amide bonds. The number of aliphatic carboxylic acids is 1. The van der Waals surface area contributed by atoms with Crippen LogP contribution in [0.1, 0.15) is 17.1 Å². The number of thiazole rings is 1. The van der Waals surface area contributed by atoms with E-state index in [4.69, 9.17) is 5.11 Å². The Morgan fingerprint density at radius 1 is 1.61 bits per heavy atom. The van der Waals surface area contributed by atoms with E-state index in [0.717, 1.165) is 10.00 Å². The van der Waals surface area contributed by atoms with Crippen LogP contribution in [0.3, 0.4) is 0 Å². The Hall–Kier alpha value is -1.03. The van der Waals surface area contributed by atoms with Gasteiger partial charge in [0.2, 0.25) is 0 Å². The van der Waals surface area contributed by atoms with Crippen molar-refractivity contribution in [1.29, 1.82) is 0 Å². The number of carboxylic acids is 1. The van der Waals surface area contributed by atoms with Crippen molar-refractivity contribution >= 4 is 27.5 Å². The van der Waals surface area contributed by atoms with Crippen LogP contribution in [0.5, 0.6) is 0 Å². The van der Waals surface area contributed by atoms with Gasteiger partial charge in [-0.2, -0.15) is 17.4 Å². The van der Waals surface area contributed by atoms with Crippen LogP contribution in [0.2, 0.25) is 0 Å². The predicted octanol–water partition coefficient (Wildman–Crippen LogP) is 0.192. The summed E-state index contributed by atoms with van der Waals surface area (Å²) in [5.74, 6) is -1.03. The van der Waals surface area contributed by atoms with E-state index >= 15 is 0 Å². The highest BCUT2D eigenvalue weighted by molar-refractivity contribution is 7.87. The molecule has 7 nitrogen and oxygen atoms in total. The van der Waals surface area contributed by atoms with Crippen molar-refractivity contribution in [3.05, 3.63) is 16.1 Å². The highest BCUT2D eigenvalue weighted by atomic mass is 32.2. The number of carbonyl (C=O) groups is 1. The van der Waals surface area contributed by atoms with Crippen molar-refractivity contribution in [3.63, 3.8) is 0 Å². The third kappa shape index (κ3) is 4.69. The lowest BCUT2D eigenvalue weighted by atomic mass is 10.4. The Morgan fingerprint density at radius 2 is 2.28 bits per heavy atom. The molecule has 0 aliphatic heterocycles. The standard InChI is InChI=1S/C9H15N3O4S2/c1-7-6-17-8(11-7)5-10-18(15,16)12(2)4-3-9(13)14/h6,10H,3-5H2,1-2H3,(H,13,14). The Morgan fingerprint density at radius 3 is 2.78 bits per heavy atom. The molecule has 102 valence electrons. The van der Waals surface area contributed by atoms with Gasteiger partial charge >= 0.3 is 5.97 Å². The third-order valence-electron chi connectivity index (χ3n) is 2.12. The second-order valence-corrected chi connectivity index (χ2v) is 6.48. The van der Waals surface area contributed by atoms with E-state index in [1.165, 1.54) is 18.4 Å². The lowest BCUT2D eigenvalue weighted by Crippen LogP contribution is -2.38. The van der Waals surface area contributed by atoms with E-state index in [-0.39, 0.29) is 19.5 Å². The Balaban J connectivity index is 2.51. The lowest BCUT2D eigenvalue weighted by Gasteiger charge is -2.16. The minimum Gasteiger partial charge on any atom is -0.481 e. The number of aryl methyl sites for hydroxylation is 1. The zero-order valence-corrected chi connectivity index (χ0v) is 11.7. The normalized spacial score (nSPS) is 11.9. The first-order valence-electron chi connectivity index (χ1n) is 5.15. The fourth-order valence-corrected chi connectivity index (χ4v) is 2.79. The molecule has 0 aliphatic rings. The maximum Gasteiger partial charge on any atom is 0.304 e. The molecule has 0 bridgehead atoms. The van der Waals surface area contributed by atoms with Gasteiger partial charge in [-0.3, -0.25) is 4.79 Å². The van der Waals surface area contributed by atoms with Crippen molar-refractivity contribution in [2.75, 3.05) is 13.6 Å². The molecule has 1 aromatic heterocycles. The molecule has 0 saturated heterocycles. The minimum absolute atomic E-state index is 0.0679. The van der Waals surface area contributed by atoms with Crippen molar-refractivity contribution in [1.82, 2.24) is 14.0 Å². The number of aromatic nitrogens is 1. The van der Waals surface area contributed by atoms with E-state index in [0.29, 0.717) is 5.01 Å².